The molecule has 5 nitrogen and oxygen atoms in total. The average Bonchev–Trinajstić information content (AvgIpc) is 2.83. The van der Waals surface area contributed by atoms with Crippen LogP contribution in [0.25, 0.3) is 0 Å². The van der Waals surface area contributed by atoms with Crippen LogP contribution in [0.3, 0.4) is 0 Å². The van der Waals surface area contributed by atoms with Gasteiger partial charge in [0.25, 0.3) is 0 Å². The van der Waals surface area contributed by atoms with Crippen molar-refractivity contribution in [3.8, 4) is 0 Å². The van der Waals surface area contributed by atoms with Crippen LogP contribution in [-0.4, -0.2) is 29.5 Å². The van der Waals surface area contributed by atoms with Gasteiger partial charge >= 0.3 is 6.18 Å². The van der Waals surface area contributed by atoms with Gasteiger partial charge in [0, 0.05) is 0 Å². The third kappa shape index (κ3) is 3.67. The van der Waals surface area contributed by atoms with E-state index in [1.807, 2.05) is 0 Å². The summed E-state index contributed by atoms with van der Waals surface area (Å²) in [5, 5.41) is 6.71. The zero-order valence-electron chi connectivity index (χ0n) is 8.96. The van der Waals surface area contributed by atoms with Crippen molar-refractivity contribution in [3.05, 3.63) is 11.7 Å². The number of halogens is 3. The Morgan fingerprint density at radius 3 is 2.94 bits per heavy atom. The first-order valence-corrected chi connectivity index (χ1v) is 5.25. The number of nitrogens with one attached hydrogen (secondary N) is 1. The Hall–Kier alpha value is -1.15. The third-order valence-corrected chi connectivity index (χ3v) is 2.34. The molecule has 1 aromatic rings. The van der Waals surface area contributed by atoms with E-state index in [0.717, 1.165) is 19.4 Å². The third-order valence-electron chi connectivity index (χ3n) is 2.34. The fourth-order valence-corrected chi connectivity index (χ4v) is 1.62. The number of hydrogen-bond acceptors (Lipinski definition) is 5. The van der Waals surface area contributed by atoms with E-state index >= 15 is 0 Å². The van der Waals surface area contributed by atoms with Gasteiger partial charge in [-0.2, -0.15) is 18.2 Å². The van der Waals surface area contributed by atoms with E-state index in [-0.39, 0.29) is 18.5 Å². The minimum absolute atomic E-state index is 0.0128. The van der Waals surface area contributed by atoms with Crippen LogP contribution in [0.4, 0.5) is 13.2 Å². The quantitative estimate of drug-likeness (QED) is 0.880. The summed E-state index contributed by atoms with van der Waals surface area (Å²) < 4.78 is 44.8. The first kappa shape index (κ1) is 12.3. The monoisotopic (exact) mass is 251 g/mol. The SMILES string of the molecule is FC(F)(F)COCc1noc(C2CCCN2)n1. The first-order valence-electron chi connectivity index (χ1n) is 5.25. The van der Waals surface area contributed by atoms with E-state index in [1.165, 1.54) is 0 Å². The predicted molar refractivity (Wildman–Crippen MR) is 50.0 cm³/mol. The van der Waals surface area contributed by atoms with Crippen LogP contribution < -0.4 is 5.32 Å². The van der Waals surface area contributed by atoms with Gasteiger partial charge in [0.05, 0.1) is 6.04 Å². The summed E-state index contributed by atoms with van der Waals surface area (Å²) in [7, 11) is 0. The van der Waals surface area contributed by atoms with Gasteiger partial charge in [-0.15, -0.1) is 0 Å². The molecule has 0 aliphatic carbocycles. The van der Waals surface area contributed by atoms with Crippen molar-refractivity contribution < 1.29 is 22.4 Å². The minimum atomic E-state index is -4.33. The van der Waals surface area contributed by atoms with Gasteiger partial charge in [-0.25, -0.2) is 0 Å². The molecule has 0 saturated carbocycles. The molecule has 2 rings (SSSR count). The second kappa shape index (κ2) is 5.01. The van der Waals surface area contributed by atoms with Gasteiger partial charge in [-0.1, -0.05) is 5.16 Å². The molecule has 1 aromatic heterocycles. The number of aromatic nitrogens is 2. The lowest BCUT2D eigenvalue weighted by Crippen LogP contribution is -2.17. The molecule has 17 heavy (non-hydrogen) atoms. The lowest BCUT2D eigenvalue weighted by molar-refractivity contribution is -0.177. The average molecular weight is 251 g/mol. The van der Waals surface area contributed by atoms with E-state index in [9.17, 15) is 13.2 Å². The van der Waals surface area contributed by atoms with Gasteiger partial charge in [0.15, 0.2) is 5.82 Å². The molecule has 1 aliphatic rings. The molecule has 0 bridgehead atoms. The maximum Gasteiger partial charge on any atom is 0.411 e. The molecule has 0 amide bonds. The molecule has 2 heterocycles. The topological polar surface area (TPSA) is 60.2 Å². The smallest absolute Gasteiger partial charge is 0.364 e. The highest BCUT2D eigenvalue weighted by Gasteiger charge is 2.28. The van der Waals surface area contributed by atoms with Gasteiger partial charge in [-0.3, -0.25) is 0 Å². The summed E-state index contributed by atoms with van der Waals surface area (Å²) in [6.45, 7) is -0.721. The molecule has 0 aromatic carbocycles. The van der Waals surface area contributed by atoms with Crippen molar-refractivity contribution in [2.75, 3.05) is 13.2 Å². The van der Waals surface area contributed by atoms with Crippen molar-refractivity contribution in [1.82, 2.24) is 15.5 Å². The van der Waals surface area contributed by atoms with E-state index < -0.39 is 12.8 Å². The first-order chi connectivity index (χ1) is 8.04. The van der Waals surface area contributed by atoms with Crippen LogP contribution in [0, 0.1) is 0 Å². The summed E-state index contributed by atoms with van der Waals surface area (Å²) in [4.78, 5) is 3.98. The molecular weight excluding hydrogens is 239 g/mol. The molecule has 1 unspecified atom stereocenters. The Morgan fingerprint density at radius 1 is 1.47 bits per heavy atom. The number of nitrogens with zero attached hydrogens (tertiary/aromatic N) is 2. The summed E-state index contributed by atoms with van der Waals surface area (Å²) in [6.07, 6.45) is -2.42. The second-order valence-electron chi connectivity index (χ2n) is 3.81. The standard InChI is InChI=1S/C9H12F3N3O2/c10-9(11,12)5-16-4-7-14-8(17-15-7)6-2-1-3-13-6/h6,13H,1-5H2. The van der Waals surface area contributed by atoms with Crippen molar-refractivity contribution in [1.29, 1.82) is 0 Å². The zero-order chi connectivity index (χ0) is 12.3. The fraction of sp³-hybridized carbons (Fsp3) is 0.778. The minimum Gasteiger partial charge on any atom is -0.364 e. The van der Waals surface area contributed by atoms with Crippen LogP contribution in [0.1, 0.15) is 30.6 Å². The van der Waals surface area contributed by atoms with Crippen molar-refractivity contribution in [3.63, 3.8) is 0 Å². The van der Waals surface area contributed by atoms with Crippen LogP contribution in [0.5, 0.6) is 0 Å². The second-order valence-corrected chi connectivity index (χ2v) is 3.81. The van der Waals surface area contributed by atoms with Crippen molar-refractivity contribution in [2.45, 2.75) is 31.7 Å². The molecule has 96 valence electrons. The number of alkyl halides is 3. The summed E-state index contributed by atoms with van der Waals surface area (Å²) >= 11 is 0. The highest BCUT2D eigenvalue weighted by molar-refractivity contribution is 4.94. The van der Waals surface area contributed by atoms with Crippen molar-refractivity contribution in [2.24, 2.45) is 0 Å². The molecule has 8 heteroatoms. The molecular formula is C9H12F3N3O2. The Kier molecular flexibility index (Phi) is 3.63. The molecule has 1 atom stereocenters. The maximum absolute atomic E-state index is 11.8. The van der Waals surface area contributed by atoms with Crippen LogP contribution in [0.2, 0.25) is 0 Å². The molecule has 1 N–H and O–H groups in total. The largest absolute Gasteiger partial charge is 0.411 e. The van der Waals surface area contributed by atoms with E-state index in [4.69, 9.17) is 4.52 Å². The number of rotatable bonds is 4. The number of hydrogen-bond donors (Lipinski definition) is 1. The molecule has 0 radical (unpaired) electrons. The molecule has 1 aliphatic heterocycles. The van der Waals surface area contributed by atoms with E-state index in [1.54, 1.807) is 0 Å². The van der Waals surface area contributed by atoms with Gasteiger partial charge < -0.3 is 14.6 Å². The maximum atomic E-state index is 11.8. The van der Waals surface area contributed by atoms with Crippen LogP contribution >= 0.6 is 0 Å². The van der Waals surface area contributed by atoms with E-state index in [0.29, 0.717) is 5.89 Å². The van der Waals surface area contributed by atoms with Gasteiger partial charge in [0.2, 0.25) is 5.89 Å². The molecule has 1 fully saturated rings. The Labute approximate surface area is 95.3 Å². The summed E-state index contributed by atoms with van der Waals surface area (Å²) in [5.74, 6) is 0.547. The van der Waals surface area contributed by atoms with Gasteiger partial charge in [0.1, 0.15) is 13.2 Å². The van der Waals surface area contributed by atoms with Crippen molar-refractivity contribution >= 4 is 0 Å². The normalized spacial score (nSPS) is 21.0. The van der Waals surface area contributed by atoms with Crippen LogP contribution in [-0.2, 0) is 11.3 Å². The van der Waals surface area contributed by atoms with Crippen LogP contribution in [0.15, 0.2) is 4.52 Å². The Morgan fingerprint density at radius 2 is 2.29 bits per heavy atom. The molecule has 0 spiro atoms. The zero-order valence-corrected chi connectivity index (χ0v) is 8.96. The van der Waals surface area contributed by atoms with E-state index in [2.05, 4.69) is 20.2 Å². The lowest BCUT2D eigenvalue weighted by atomic mass is 10.2. The number of ether oxygens (including phenoxy) is 1. The highest BCUT2D eigenvalue weighted by atomic mass is 19.4. The molecule has 1 saturated heterocycles. The fourth-order valence-electron chi connectivity index (χ4n) is 1.62. The lowest BCUT2D eigenvalue weighted by Gasteiger charge is -2.04. The van der Waals surface area contributed by atoms with Gasteiger partial charge in [-0.05, 0) is 19.4 Å². The highest BCUT2D eigenvalue weighted by Crippen LogP contribution is 2.21. The summed E-state index contributed by atoms with van der Waals surface area (Å²) in [6, 6.07) is 0.0128. The summed E-state index contributed by atoms with van der Waals surface area (Å²) in [5.41, 5.74) is 0. The Balaban J connectivity index is 1.81. The Bertz CT molecular complexity index is 361. The predicted octanol–water partition coefficient (Wildman–Crippen LogP) is 1.57.